The van der Waals surface area contributed by atoms with Gasteiger partial charge in [-0.1, -0.05) is 0 Å². The number of carbonyl (C=O) groups is 3. The van der Waals surface area contributed by atoms with E-state index in [0.717, 1.165) is 0 Å². The zero-order valence-corrected chi connectivity index (χ0v) is 8.76. The highest BCUT2D eigenvalue weighted by Gasteiger charge is 2.28. The molecular weight excluding hydrogens is 216 g/mol. The number of amides is 2. The zero-order valence-electron chi connectivity index (χ0n) is 8.76. The molecule has 0 radical (unpaired) electrons. The van der Waals surface area contributed by atoms with Gasteiger partial charge in [-0.3, -0.25) is 9.59 Å². The Bertz CT molecular complexity index is 276. The Hall–Kier alpha value is -1.79. The molecule has 2 N–H and O–H groups in total. The lowest BCUT2D eigenvalue weighted by Crippen LogP contribution is -2.34. The Morgan fingerprint density at radius 2 is 1.38 bits per heavy atom. The lowest BCUT2D eigenvalue weighted by molar-refractivity contribution is -0.138. The second-order valence-electron chi connectivity index (χ2n) is 3.54. The Balaban J connectivity index is 2.35. The lowest BCUT2D eigenvalue weighted by Gasteiger charge is -2.17. The van der Waals surface area contributed by atoms with Crippen LogP contribution in [0.1, 0.15) is 12.8 Å². The molecule has 1 rings (SSSR count). The SMILES string of the molecule is O=C(O)CCN1CCN(CCC(=O)O)C1=O. The molecular formula is C9H14N2O5. The highest BCUT2D eigenvalue weighted by atomic mass is 16.4. The fourth-order valence-electron chi connectivity index (χ4n) is 1.51. The molecule has 0 saturated carbocycles. The van der Waals surface area contributed by atoms with E-state index in [9.17, 15) is 14.4 Å². The fraction of sp³-hybridized carbons (Fsp3) is 0.667. The van der Waals surface area contributed by atoms with Crippen LogP contribution in [-0.4, -0.2) is 64.2 Å². The van der Waals surface area contributed by atoms with E-state index >= 15 is 0 Å². The lowest BCUT2D eigenvalue weighted by atomic mass is 10.4. The minimum absolute atomic E-state index is 0.0848. The van der Waals surface area contributed by atoms with Crippen LogP contribution < -0.4 is 0 Å². The molecule has 0 atom stereocenters. The van der Waals surface area contributed by atoms with Crippen LogP contribution in [0.2, 0.25) is 0 Å². The molecule has 0 aromatic rings. The normalized spacial score (nSPS) is 15.6. The molecule has 1 fully saturated rings. The van der Waals surface area contributed by atoms with Crippen molar-refractivity contribution in [1.29, 1.82) is 0 Å². The van der Waals surface area contributed by atoms with Crippen molar-refractivity contribution < 1.29 is 24.6 Å². The highest BCUT2D eigenvalue weighted by molar-refractivity contribution is 5.78. The van der Waals surface area contributed by atoms with Crippen LogP contribution in [0.15, 0.2) is 0 Å². The molecule has 90 valence electrons. The first kappa shape index (κ1) is 12.3. The van der Waals surface area contributed by atoms with Gasteiger partial charge in [-0.25, -0.2) is 4.79 Å². The van der Waals surface area contributed by atoms with Crippen molar-refractivity contribution in [3.63, 3.8) is 0 Å². The molecule has 2 amide bonds. The van der Waals surface area contributed by atoms with E-state index in [1.165, 1.54) is 9.80 Å². The van der Waals surface area contributed by atoms with Gasteiger partial charge in [0.25, 0.3) is 0 Å². The molecule has 16 heavy (non-hydrogen) atoms. The molecule has 0 bridgehead atoms. The third-order valence-electron chi connectivity index (χ3n) is 2.37. The van der Waals surface area contributed by atoms with Gasteiger partial charge in [-0.05, 0) is 0 Å². The van der Waals surface area contributed by atoms with Gasteiger partial charge in [0.1, 0.15) is 0 Å². The topological polar surface area (TPSA) is 98.2 Å². The van der Waals surface area contributed by atoms with Crippen molar-refractivity contribution in [2.24, 2.45) is 0 Å². The summed E-state index contributed by atoms with van der Waals surface area (Å²) >= 11 is 0. The monoisotopic (exact) mass is 230 g/mol. The minimum Gasteiger partial charge on any atom is -0.481 e. The van der Waals surface area contributed by atoms with Crippen molar-refractivity contribution in [2.45, 2.75) is 12.8 Å². The zero-order chi connectivity index (χ0) is 12.1. The van der Waals surface area contributed by atoms with Crippen LogP contribution in [-0.2, 0) is 9.59 Å². The molecule has 0 aliphatic carbocycles. The standard InChI is InChI=1S/C9H14N2O5/c12-7(13)1-3-10-5-6-11(9(10)16)4-2-8(14)15/h1-6H2,(H,12,13)(H,14,15). The van der Waals surface area contributed by atoms with E-state index in [0.29, 0.717) is 13.1 Å². The summed E-state index contributed by atoms with van der Waals surface area (Å²) in [6.45, 7) is 1.28. The molecule has 7 nitrogen and oxygen atoms in total. The summed E-state index contributed by atoms with van der Waals surface area (Å²) in [5.41, 5.74) is 0. The Labute approximate surface area is 92.2 Å². The maximum absolute atomic E-state index is 11.6. The van der Waals surface area contributed by atoms with E-state index in [-0.39, 0.29) is 32.0 Å². The first-order valence-corrected chi connectivity index (χ1v) is 4.98. The second-order valence-corrected chi connectivity index (χ2v) is 3.54. The molecule has 0 aromatic carbocycles. The van der Waals surface area contributed by atoms with Crippen LogP contribution in [0.25, 0.3) is 0 Å². The number of nitrogens with zero attached hydrogens (tertiary/aromatic N) is 2. The molecule has 1 heterocycles. The van der Waals surface area contributed by atoms with Crippen molar-refractivity contribution in [3.8, 4) is 0 Å². The number of carbonyl (C=O) groups excluding carboxylic acids is 1. The van der Waals surface area contributed by atoms with Crippen LogP contribution in [0.3, 0.4) is 0 Å². The van der Waals surface area contributed by atoms with Crippen LogP contribution in [0.4, 0.5) is 4.79 Å². The predicted octanol–water partition coefficient (Wildman–Crippen LogP) is -0.327. The molecule has 0 unspecified atom stereocenters. The quantitative estimate of drug-likeness (QED) is 0.651. The van der Waals surface area contributed by atoms with E-state index in [2.05, 4.69) is 0 Å². The molecule has 0 aromatic heterocycles. The third kappa shape index (κ3) is 3.41. The Morgan fingerprint density at radius 1 is 1.00 bits per heavy atom. The van der Waals surface area contributed by atoms with Crippen molar-refractivity contribution in [2.75, 3.05) is 26.2 Å². The number of hydrogen-bond donors (Lipinski definition) is 2. The van der Waals surface area contributed by atoms with Gasteiger partial charge in [-0.2, -0.15) is 0 Å². The molecule has 1 aliphatic rings. The van der Waals surface area contributed by atoms with Gasteiger partial charge in [0.2, 0.25) is 0 Å². The number of aliphatic carboxylic acids is 2. The highest BCUT2D eigenvalue weighted by Crippen LogP contribution is 2.09. The first-order chi connectivity index (χ1) is 7.50. The number of urea groups is 1. The summed E-state index contributed by atoms with van der Waals surface area (Å²) in [4.78, 5) is 35.1. The molecule has 1 aliphatic heterocycles. The van der Waals surface area contributed by atoms with Gasteiger partial charge < -0.3 is 20.0 Å². The van der Waals surface area contributed by atoms with Gasteiger partial charge >= 0.3 is 18.0 Å². The van der Waals surface area contributed by atoms with E-state index in [4.69, 9.17) is 10.2 Å². The average molecular weight is 230 g/mol. The average Bonchev–Trinajstić information content (AvgIpc) is 2.53. The maximum Gasteiger partial charge on any atom is 0.320 e. The summed E-state index contributed by atoms with van der Waals surface area (Å²) in [5.74, 6) is -1.89. The first-order valence-electron chi connectivity index (χ1n) is 4.98. The minimum atomic E-state index is -0.947. The summed E-state index contributed by atoms with van der Waals surface area (Å²) in [6.07, 6.45) is -0.170. The summed E-state index contributed by atoms with van der Waals surface area (Å²) < 4.78 is 0. The van der Waals surface area contributed by atoms with Crippen LogP contribution in [0.5, 0.6) is 0 Å². The summed E-state index contributed by atoms with van der Waals surface area (Å²) in [5, 5.41) is 16.9. The van der Waals surface area contributed by atoms with E-state index < -0.39 is 11.9 Å². The molecule has 7 heteroatoms. The summed E-state index contributed by atoms with van der Waals surface area (Å²) in [6, 6.07) is -0.275. The Morgan fingerprint density at radius 3 is 1.69 bits per heavy atom. The van der Waals surface area contributed by atoms with Gasteiger partial charge in [0.15, 0.2) is 0 Å². The van der Waals surface area contributed by atoms with E-state index in [1.807, 2.05) is 0 Å². The van der Waals surface area contributed by atoms with Crippen LogP contribution in [0, 0.1) is 0 Å². The predicted molar refractivity (Wildman–Crippen MR) is 53.0 cm³/mol. The van der Waals surface area contributed by atoms with Gasteiger partial charge in [0.05, 0.1) is 12.8 Å². The third-order valence-corrected chi connectivity index (χ3v) is 2.37. The number of carboxylic acids is 2. The smallest absolute Gasteiger partial charge is 0.320 e. The van der Waals surface area contributed by atoms with E-state index in [1.54, 1.807) is 0 Å². The number of rotatable bonds is 6. The van der Waals surface area contributed by atoms with Crippen LogP contribution >= 0.6 is 0 Å². The maximum atomic E-state index is 11.6. The fourth-order valence-corrected chi connectivity index (χ4v) is 1.51. The van der Waals surface area contributed by atoms with Gasteiger partial charge in [-0.15, -0.1) is 0 Å². The second kappa shape index (κ2) is 5.34. The van der Waals surface area contributed by atoms with Crippen molar-refractivity contribution in [1.82, 2.24) is 9.80 Å². The number of carboxylic acid groups (broad SMARTS) is 2. The summed E-state index contributed by atoms with van der Waals surface area (Å²) in [7, 11) is 0. The molecule has 1 saturated heterocycles. The van der Waals surface area contributed by atoms with Gasteiger partial charge in [0, 0.05) is 26.2 Å². The van der Waals surface area contributed by atoms with Crippen molar-refractivity contribution in [3.05, 3.63) is 0 Å². The largest absolute Gasteiger partial charge is 0.481 e. The molecule has 0 spiro atoms. The van der Waals surface area contributed by atoms with Crippen molar-refractivity contribution >= 4 is 18.0 Å². The Kier molecular flexibility index (Phi) is 4.10. The number of hydrogen-bond acceptors (Lipinski definition) is 3.